The Morgan fingerprint density at radius 1 is 1.25 bits per heavy atom. The topological polar surface area (TPSA) is 75.4 Å². The summed E-state index contributed by atoms with van der Waals surface area (Å²) in [6.07, 6.45) is 2.92. The van der Waals surface area contributed by atoms with E-state index in [-0.39, 0.29) is 6.04 Å². The standard InChI is InChI=1S/C14H23N3O2S/c1-10-8-11(2)14(9-13(10)15)16-20(18,19)17-7-5-4-6-12(17)3/h8-9,12,16H,4-7,15H2,1-3H3. The molecular formula is C14H23N3O2S. The fraction of sp³-hybridized carbons (Fsp3) is 0.571. The highest BCUT2D eigenvalue weighted by molar-refractivity contribution is 7.90. The molecule has 112 valence electrons. The van der Waals surface area contributed by atoms with Crippen molar-refractivity contribution in [1.82, 2.24) is 4.31 Å². The lowest BCUT2D eigenvalue weighted by Gasteiger charge is -2.32. The van der Waals surface area contributed by atoms with E-state index in [0.717, 1.165) is 30.4 Å². The van der Waals surface area contributed by atoms with Gasteiger partial charge in [-0.05, 0) is 50.8 Å². The van der Waals surface area contributed by atoms with Gasteiger partial charge in [0.1, 0.15) is 0 Å². The van der Waals surface area contributed by atoms with Crippen LogP contribution in [0.1, 0.15) is 37.3 Å². The van der Waals surface area contributed by atoms with Gasteiger partial charge in [0.15, 0.2) is 0 Å². The molecule has 1 atom stereocenters. The first-order chi connectivity index (χ1) is 9.31. The van der Waals surface area contributed by atoms with Gasteiger partial charge in [-0.2, -0.15) is 12.7 Å². The Morgan fingerprint density at radius 3 is 2.60 bits per heavy atom. The average molecular weight is 297 g/mol. The maximum atomic E-state index is 12.5. The molecule has 5 nitrogen and oxygen atoms in total. The summed E-state index contributed by atoms with van der Waals surface area (Å²) in [6.45, 7) is 6.32. The lowest BCUT2D eigenvalue weighted by molar-refractivity contribution is 0.270. The van der Waals surface area contributed by atoms with Crippen LogP contribution in [0.15, 0.2) is 12.1 Å². The molecule has 1 heterocycles. The minimum absolute atomic E-state index is 0.0457. The molecule has 1 aliphatic heterocycles. The zero-order valence-electron chi connectivity index (χ0n) is 12.3. The second-order valence-electron chi connectivity index (χ2n) is 5.59. The van der Waals surface area contributed by atoms with Crippen LogP contribution >= 0.6 is 0 Å². The molecule has 0 aliphatic carbocycles. The van der Waals surface area contributed by atoms with Crippen LogP contribution in [0.5, 0.6) is 0 Å². The molecule has 0 bridgehead atoms. The van der Waals surface area contributed by atoms with Gasteiger partial charge in [0.25, 0.3) is 0 Å². The summed E-state index contributed by atoms with van der Waals surface area (Å²) in [5.74, 6) is 0. The van der Waals surface area contributed by atoms with Crippen LogP contribution in [-0.4, -0.2) is 25.3 Å². The van der Waals surface area contributed by atoms with E-state index < -0.39 is 10.2 Å². The first-order valence-electron chi connectivity index (χ1n) is 6.97. The highest BCUT2D eigenvalue weighted by Gasteiger charge is 2.29. The number of hydrogen-bond acceptors (Lipinski definition) is 3. The largest absolute Gasteiger partial charge is 0.398 e. The van der Waals surface area contributed by atoms with E-state index in [9.17, 15) is 8.42 Å². The molecule has 2 rings (SSSR count). The number of benzene rings is 1. The van der Waals surface area contributed by atoms with Gasteiger partial charge in [0.05, 0.1) is 5.69 Å². The van der Waals surface area contributed by atoms with Crippen LogP contribution in [-0.2, 0) is 10.2 Å². The van der Waals surface area contributed by atoms with Crippen molar-refractivity contribution in [3.05, 3.63) is 23.3 Å². The van der Waals surface area contributed by atoms with Crippen molar-refractivity contribution in [3.63, 3.8) is 0 Å². The van der Waals surface area contributed by atoms with Crippen LogP contribution in [0.2, 0.25) is 0 Å². The fourth-order valence-corrected chi connectivity index (χ4v) is 4.17. The highest BCUT2D eigenvalue weighted by Crippen LogP contribution is 2.26. The molecule has 3 N–H and O–H groups in total. The molecule has 1 aromatic carbocycles. The Labute approximate surface area is 121 Å². The van der Waals surface area contributed by atoms with Crippen molar-refractivity contribution in [2.45, 2.75) is 46.1 Å². The summed E-state index contributed by atoms with van der Waals surface area (Å²) in [7, 11) is -3.51. The Hall–Kier alpha value is -1.27. The van der Waals surface area contributed by atoms with Gasteiger partial charge < -0.3 is 5.73 Å². The van der Waals surface area contributed by atoms with Gasteiger partial charge in [-0.15, -0.1) is 0 Å². The lowest BCUT2D eigenvalue weighted by atomic mass is 10.1. The summed E-state index contributed by atoms with van der Waals surface area (Å²) in [4.78, 5) is 0. The van der Waals surface area contributed by atoms with Crippen molar-refractivity contribution < 1.29 is 8.42 Å². The van der Waals surface area contributed by atoms with Crippen molar-refractivity contribution in [2.75, 3.05) is 17.0 Å². The van der Waals surface area contributed by atoms with Gasteiger partial charge >= 0.3 is 10.2 Å². The molecule has 20 heavy (non-hydrogen) atoms. The number of nitrogen functional groups attached to an aromatic ring is 1. The third-order valence-electron chi connectivity index (χ3n) is 3.90. The normalized spacial score (nSPS) is 20.9. The molecule has 1 aromatic rings. The molecule has 1 fully saturated rings. The number of nitrogens with one attached hydrogen (secondary N) is 1. The Bertz CT molecular complexity index is 599. The quantitative estimate of drug-likeness (QED) is 0.841. The summed E-state index contributed by atoms with van der Waals surface area (Å²) in [6, 6.07) is 3.63. The summed E-state index contributed by atoms with van der Waals surface area (Å²) in [5.41, 5.74) is 8.86. The van der Waals surface area contributed by atoms with Gasteiger partial charge in [-0.3, -0.25) is 4.72 Å². The maximum absolute atomic E-state index is 12.5. The molecule has 0 spiro atoms. The maximum Gasteiger partial charge on any atom is 0.301 e. The fourth-order valence-electron chi connectivity index (χ4n) is 2.61. The molecule has 0 amide bonds. The zero-order chi connectivity index (χ0) is 14.9. The van der Waals surface area contributed by atoms with Crippen molar-refractivity contribution >= 4 is 21.6 Å². The van der Waals surface area contributed by atoms with Crippen LogP contribution in [0, 0.1) is 13.8 Å². The van der Waals surface area contributed by atoms with E-state index in [0.29, 0.717) is 17.9 Å². The molecule has 1 saturated heterocycles. The molecule has 0 saturated carbocycles. The number of aryl methyl sites for hydroxylation is 2. The van der Waals surface area contributed by atoms with Gasteiger partial charge in [-0.1, -0.05) is 12.5 Å². The second-order valence-corrected chi connectivity index (χ2v) is 7.21. The molecular weight excluding hydrogens is 274 g/mol. The van der Waals surface area contributed by atoms with E-state index in [1.165, 1.54) is 0 Å². The predicted octanol–water partition coefficient (Wildman–Crippen LogP) is 2.42. The van der Waals surface area contributed by atoms with E-state index in [1.807, 2.05) is 26.8 Å². The van der Waals surface area contributed by atoms with Gasteiger partial charge in [0, 0.05) is 18.3 Å². The number of piperidine rings is 1. The van der Waals surface area contributed by atoms with Crippen molar-refractivity contribution in [1.29, 1.82) is 0 Å². The van der Waals surface area contributed by atoms with Crippen molar-refractivity contribution in [2.24, 2.45) is 0 Å². The number of nitrogens with zero attached hydrogens (tertiary/aromatic N) is 1. The smallest absolute Gasteiger partial charge is 0.301 e. The minimum atomic E-state index is -3.51. The van der Waals surface area contributed by atoms with E-state index in [1.54, 1.807) is 10.4 Å². The van der Waals surface area contributed by atoms with Crippen LogP contribution in [0.25, 0.3) is 0 Å². The van der Waals surface area contributed by atoms with E-state index in [4.69, 9.17) is 5.73 Å². The Morgan fingerprint density at radius 2 is 1.95 bits per heavy atom. The number of rotatable bonds is 3. The monoisotopic (exact) mass is 297 g/mol. The third kappa shape index (κ3) is 3.07. The van der Waals surface area contributed by atoms with E-state index in [2.05, 4.69) is 4.72 Å². The number of nitrogens with two attached hydrogens (primary N) is 1. The van der Waals surface area contributed by atoms with E-state index >= 15 is 0 Å². The molecule has 1 unspecified atom stereocenters. The second kappa shape index (κ2) is 5.61. The van der Waals surface area contributed by atoms with Crippen molar-refractivity contribution in [3.8, 4) is 0 Å². The Kier molecular flexibility index (Phi) is 4.25. The summed E-state index contributed by atoms with van der Waals surface area (Å²) >= 11 is 0. The third-order valence-corrected chi connectivity index (χ3v) is 5.54. The molecule has 1 aliphatic rings. The van der Waals surface area contributed by atoms with Crippen LogP contribution in [0.3, 0.4) is 0 Å². The summed E-state index contributed by atoms with van der Waals surface area (Å²) in [5, 5.41) is 0. The first-order valence-corrected chi connectivity index (χ1v) is 8.41. The highest BCUT2D eigenvalue weighted by atomic mass is 32.2. The molecule has 0 radical (unpaired) electrons. The van der Waals surface area contributed by atoms with Crippen LogP contribution in [0.4, 0.5) is 11.4 Å². The first kappa shape index (κ1) is 15.1. The Balaban J connectivity index is 2.26. The predicted molar refractivity (Wildman–Crippen MR) is 82.9 cm³/mol. The SMILES string of the molecule is Cc1cc(C)c(NS(=O)(=O)N2CCCCC2C)cc1N. The summed E-state index contributed by atoms with van der Waals surface area (Å²) < 4.78 is 29.2. The zero-order valence-corrected chi connectivity index (χ0v) is 13.1. The molecule has 0 aromatic heterocycles. The number of hydrogen-bond donors (Lipinski definition) is 2. The number of anilines is 2. The lowest BCUT2D eigenvalue weighted by Crippen LogP contribution is -2.44. The van der Waals surface area contributed by atoms with Gasteiger partial charge in [0.2, 0.25) is 0 Å². The van der Waals surface area contributed by atoms with Crippen LogP contribution < -0.4 is 10.5 Å². The average Bonchev–Trinajstić information content (AvgIpc) is 2.36. The van der Waals surface area contributed by atoms with Gasteiger partial charge in [-0.25, -0.2) is 0 Å². The molecule has 6 heteroatoms. The minimum Gasteiger partial charge on any atom is -0.398 e.